The number of nitrogens with zero attached hydrogens (tertiary/aromatic N) is 5. The fourth-order valence-electron chi connectivity index (χ4n) is 2.19. The largest absolute Gasteiger partial charge is 0.394 e. The molecule has 0 spiro atoms. The van der Waals surface area contributed by atoms with Gasteiger partial charge in [0.25, 0.3) is 0 Å². The van der Waals surface area contributed by atoms with Crippen LogP contribution in [0.4, 0.5) is 5.82 Å². The summed E-state index contributed by atoms with van der Waals surface area (Å²) in [6.45, 7) is 4.16. The molecule has 2 N–H and O–H groups in total. The third-order valence-corrected chi connectivity index (χ3v) is 3.55. The lowest BCUT2D eigenvalue weighted by atomic mass is 10.1. The van der Waals surface area contributed by atoms with Crippen LogP contribution in [0.2, 0.25) is 0 Å². The molecule has 114 valence electrons. The monoisotopic (exact) mass is 298 g/mol. The molecule has 3 aromatic heterocycles. The first-order chi connectivity index (χ1) is 10.7. The standard InChI is InChI=1S/C15H18N6O/c1-10(2)12(8-22)19-14-3-4-15-18-7-13(21(15)20-14)11-5-16-9-17-6-11/h3-7,9-10,12,22H,8H2,1-2H3,(H,19,20)/t12-/m1/s1. The van der Waals surface area contributed by atoms with E-state index >= 15 is 0 Å². The lowest BCUT2D eigenvalue weighted by molar-refractivity contribution is 0.249. The van der Waals surface area contributed by atoms with Crippen molar-refractivity contribution in [3.05, 3.63) is 37.1 Å². The zero-order valence-corrected chi connectivity index (χ0v) is 12.5. The van der Waals surface area contributed by atoms with E-state index in [0.717, 1.165) is 16.9 Å². The highest BCUT2D eigenvalue weighted by molar-refractivity contribution is 5.61. The van der Waals surface area contributed by atoms with E-state index in [-0.39, 0.29) is 12.6 Å². The summed E-state index contributed by atoms with van der Waals surface area (Å²) in [6, 6.07) is 3.70. The second kappa shape index (κ2) is 6.07. The number of rotatable bonds is 5. The summed E-state index contributed by atoms with van der Waals surface area (Å²) in [5, 5.41) is 17.2. The second-order valence-corrected chi connectivity index (χ2v) is 5.44. The Morgan fingerprint density at radius 2 is 1.95 bits per heavy atom. The third-order valence-electron chi connectivity index (χ3n) is 3.55. The number of nitrogens with one attached hydrogen (secondary N) is 1. The molecule has 0 amide bonds. The molecular formula is C15H18N6O. The summed E-state index contributed by atoms with van der Waals surface area (Å²) < 4.78 is 1.75. The molecule has 1 atom stereocenters. The summed E-state index contributed by atoms with van der Waals surface area (Å²) in [7, 11) is 0. The fourth-order valence-corrected chi connectivity index (χ4v) is 2.19. The molecule has 0 fully saturated rings. The van der Waals surface area contributed by atoms with Gasteiger partial charge in [-0.25, -0.2) is 19.5 Å². The van der Waals surface area contributed by atoms with Crippen LogP contribution in [0.15, 0.2) is 37.1 Å². The van der Waals surface area contributed by atoms with Gasteiger partial charge < -0.3 is 10.4 Å². The first-order valence-corrected chi connectivity index (χ1v) is 7.16. The number of aliphatic hydroxyl groups excluding tert-OH is 1. The Hall–Kier alpha value is -2.54. The number of hydrogen-bond donors (Lipinski definition) is 2. The molecule has 3 rings (SSSR count). The maximum atomic E-state index is 9.44. The Balaban J connectivity index is 1.98. The Morgan fingerprint density at radius 3 is 2.64 bits per heavy atom. The van der Waals surface area contributed by atoms with Crippen molar-refractivity contribution in [1.82, 2.24) is 24.6 Å². The lowest BCUT2D eigenvalue weighted by Crippen LogP contribution is -2.30. The van der Waals surface area contributed by atoms with Crippen molar-refractivity contribution >= 4 is 11.5 Å². The fraction of sp³-hybridized carbons (Fsp3) is 0.333. The predicted octanol–water partition coefficient (Wildman–Crippen LogP) is 1.62. The van der Waals surface area contributed by atoms with E-state index in [0.29, 0.717) is 11.7 Å². The molecule has 0 saturated heterocycles. The predicted molar refractivity (Wildman–Crippen MR) is 83.3 cm³/mol. The van der Waals surface area contributed by atoms with E-state index in [2.05, 4.69) is 39.2 Å². The van der Waals surface area contributed by atoms with Crippen LogP contribution in [0.3, 0.4) is 0 Å². The van der Waals surface area contributed by atoms with Gasteiger partial charge >= 0.3 is 0 Å². The van der Waals surface area contributed by atoms with Gasteiger partial charge in [0.05, 0.1) is 24.5 Å². The van der Waals surface area contributed by atoms with Gasteiger partial charge in [-0.15, -0.1) is 5.10 Å². The normalized spacial score (nSPS) is 12.7. The van der Waals surface area contributed by atoms with Crippen LogP contribution in [-0.2, 0) is 0 Å². The van der Waals surface area contributed by atoms with E-state index in [1.54, 1.807) is 23.1 Å². The molecule has 22 heavy (non-hydrogen) atoms. The summed E-state index contributed by atoms with van der Waals surface area (Å²) in [6.07, 6.45) is 6.68. The average molecular weight is 298 g/mol. The Kier molecular flexibility index (Phi) is 3.97. The van der Waals surface area contributed by atoms with Gasteiger partial charge in [-0.05, 0) is 18.1 Å². The maximum Gasteiger partial charge on any atom is 0.154 e. The van der Waals surface area contributed by atoms with Crippen molar-refractivity contribution in [3.8, 4) is 11.3 Å². The molecule has 0 aliphatic heterocycles. The minimum absolute atomic E-state index is 0.0445. The molecule has 3 heterocycles. The van der Waals surface area contributed by atoms with Crippen LogP contribution < -0.4 is 5.32 Å². The first kappa shape index (κ1) is 14.4. The second-order valence-electron chi connectivity index (χ2n) is 5.44. The molecule has 0 unspecified atom stereocenters. The summed E-state index contributed by atoms with van der Waals surface area (Å²) in [5.74, 6) is 0.989. The van der Waals surface area contributed by atoms with Crippen molar-refractivity contribution in [3.63, 3.8) is 0 Å². The van der Waals surface area contributed by atoms with Crippen molar-refractivity contribution in [2.45, 2.75) is 19.9 Å². The quantitative estimate of drug-likeness (QED) is 0.744. The van der Waals surface area contributed by atoms with Gasteiger partial charge in [-0.1, -0.05) is 13.8 Å². The van der Waals surface area contributed by atoms with E-state index in [1.807, 2.05) is 12.1 Å². The number of fused-ring (bicyclic) bond motifs is 1. The molecule has 0 saturated carbocycles. The van der Waals surface area contributed by atoms with Gasteiger partial charge in [0, 0.05) is 18.0 Å². The lowest BCUT2D eigenvalue weighted by Gasteiger charge is -2.20. The Bertz CT molecular complexity index is 755. The van der Waals surface area contributed by atoms with Gasteiger partial charge in [-0.3, -0.25) is 0 Å². The highest BCUT2D eigenvalue weighted by Crippen LogP contribution is 2.19. The minimum atomic E-state index is -0.0445. The van der Waals surface area contributed by atoms with Gasteiger partial charge in [0.1, 0.15) is 12.1 Å². The van der Waals surface area contributed by atoms with E-state index < -0.39 is 0 Å². The van der Waals surface area contributed by atoms with Crippen molar-refractivity contribution in [2.75, 3.05) is 11.9 Å². The van der Waals surface area contributed by atoms with E-state index in [4.69, 9.17) is 0 Å². The minimum Gasteiger partial charge on any atom is -0.394 e. The highest BCUT2D eigenvalue weighted by atomic mass is 16.3. The van der Waals surface area contributed by atoms with E-state index in [9.17, 15) is 5.11 Å². The third kappa shape index (κ3) is 2.75. The number of anilines is 1. The molecule has 7 heteroatoms. The molecule has 0 radical (unpaired) electrons. The molecular weight excluding hydrogens is 280 g/mol. The Morgan fingerprint density at radius 1 is 1.18 bits per heavy atom. The van der Waals surface area contributed by atoms with Crippen LogP contribution in [0.25, 0.3) is 16.9 Å². The van der Waals surface area contributed by atoms with Crippen LogP contribution in [0.5, 0.6) is 0 Å². The molecule has 0 aliphatic rings. The maximum absolute atomic E-state index is 9.44. The molecule has 3 aromatic rings. The SMILES string of the molecule is CC(C)[C@@H](CO)Nc1ccc2ncc(-c3cncnc3)n2n1. The molecule has 7 nitrogen and oxygen atoms in total. The van der Waals surface area contributed by atoms with Crippen LogP contribution >= 0.6 is 0 Å². The zero-order valence-electron chi connectivity index (χ0n) is 12.5. The van der Waals surface area contributed by atoms with Crippen molar-refractivity contribution in [2.24, 2.45) is 5.92 Å². The number of imidazole rings is 1. The topological polar surface area (TPSA) is 88.2 Å². The summed E-state index contributed by atoms with van der Waals surface area (Å²) in [4.78, 5) is 12.4. The van der Waals surface area contributed by atoms with Crippen molar-refractivity contribution < 1.29 is 5.11 Å². The van der Waals surface area contributed by atoms with Crippen LogP contribution in [0.1, 0.15) is 13.8 Å². The molecule has 0 aromatic carbocycles. The van der Waals surface area contributed by atoms with Gasteiger partial charge in [0.2, 0.25) is 0 Å². The van der Waals surface area contributed by atoms with Crippen molar-refractivity contribution in [1.29, 1.82) is 0 Å². The number of aromatic nitrogens is 5. The molecule has 0 bridgehead atoms. The Labute approximate surface area is 128 Å². The highest BCUT2D eigenvalue weighted by Gasteiger charge is 2.14. The zero-order chi connectivity index (χ0) is 15.5. The summed E-state index contributed by atoms with van der Waals surface area (Å²) >= 11 is 0. The molecule has 0 aliphatic carbocycles. The van der Waals surface area contributed by atoms with Gasteiger partial charge in [-0.2, -0.15) is 0 Å². The number of hydrogen-bond acceptors (Lipinski definition) is 6. The van der Waals surface area contributed by atoms with E-state index in [1.165, 1.54) is 6.33 Å². The van der Waals surface area contributed by atoms with Crippen LogP contribution in [0, 0.1) is 5.92 Å². The average Bonchev–Trinajstić information content (AvgIpc) is 2.96. The van der Waals surface area contributed by atoms with Gasteiger partial charge in [0.15, 0.2) is 5.65 Å². The number of aliphatic hydroxyl groups is 1. The first-order valence-electron chi connectivity index (χ1n) is 7.16. The summed E-state index contributed by atoms with van der Waals surface area (Å²) in [5.41, 5.74) is 2.42. The van der Waals surface area contributed by atoms with Crippen LogP contribution in [-0.4, -0.2) is 42.3 Å². The smallest absolute Gasteiger partial charge is 0.154 e.